The average molecular weight is 345 g/mol. The van der Waals surface area contributed by atoms with Crippen LogP contribution in [0.15, 0.2) is 67.3 Å². The van der Waals surface area contributed by atoms with Gasteiger partial charge in [0.1, 0.15) is 11.4 Å². The highest BCUT2D eigenvalue weighted by atomic mass is 16.5. The number of hydrogen-bond donors (Lipinski definition) is 0. The Morgan fingerprint density at radius 1 is 1.04 bits per heavy atom. The lowest BCUT2D eigenvalue weighted by molar-refractivity contribution is 0.413. The van der Waals surface area contributed by atoms with Crippen LogP contribution in [-0.4, -0.2) is 31.7 Å². The summed E-state index contributed by atoms with van der Waals surface area (Å²) in [6.45, 7) is 2.65. The summed E-state index contributed by atoms with van der Waals surface area (Å²) in [5.41, 5.74) is 4.86. The van der Waals surface area contributed by atoms with Crippen LogP contribution in [0, 0.1) is 6.92 Å². The molecule has 4 aromatic rings. The highest BCUT2D eigenvalue weighted by molar-refractivity contribution is 5.64. The van der Waals surface area contributed by atoms with Gasteiger partial charge in [0, 0.05) is 11.8 Å². The van der Waals surface area contributed by atoms with Gasteiger partial charge in [-0.2, -0.15) is 0 Å². The van der Waals surface area contributed by atoms with Crippen molar-refractivity contribution in [1.29, 1.82) is 0 Å². The summed E-state index contributed by atoms with van der Waals surface area (Å²) in [4.78, 5) is 4.27. The number of nitrogens with zero attached hydrogens (tertiary/aromatic N) is 5. The largest absolute Gasteiger partial charge is 0.495 e. The minimum absolute atomic E-state index is 0.692. The number of hydrogen-bond acceptors (Lipinski definition) is 4. The van der Waals surface area contributed by atoms with E-state index < -0.39 is 0 Å². The van der Waals surface area contributed by atoms with Gasteiger partial charge in [-0.05, 0) is 24.6 Å². The molecular weight excluding hydrogens is 326 g/mol. The maximum atomic E-state index is 5.57. The van der Waals surface area contributed by atoms with Gasteiger partial charge < -0.3 is 9.30 Å². The van der Waals surface area contributed by atoms with E-state index in [1.165, 1.54) is 5.56 Å². The minimum atomic E-state index is 0.692. The minimum Gasteiger partial charge on any atom is -0.495 e. The molecule has 4 rings (SSSR count). The second-order valence-corrected chi connectivity index (χ2v) is 6.10. The average Bonchev–Trinajstić information content (AvgIpc) is 3.31. The van der Waals surface area contributed by atoms with Crippen molar-refractivity contribution in [3.8, 4) is 22.7 Å². The van der Waals surface area contributed by atoms with E-state index in [2.05, 4.69) is 27.4 Å². The third-order valence-electron chi connectivity index (χ3n) is 4.19. The molecule has 130 valence electrons. The number of methoxy groups -OCH3 is 1. The summed E-state index contributed by atoms with van der Waals surface area (Å²) < 4.78 is 9.36. The monoisotopic (exact) mass is 345 g/mol. The Kier molecular flexibility index (Phi) is 4.23. The van der Waals surface area contributed by atoms with Crippen LogP contribution in [0.5, 0.6) is 5.75 Å². The summed E-state index contributed by atoms with van der Waals surface area (Å²) in [6.07, 6.45) is 5.69. The molecule has 0 fully saturated rings. The van der Waals surface area contributed by atoms with Gasteiger partial charge in [-0.1, -0.05) is 41.6 Å². The van der Waals surface area contributed by atoms with Crippen LogP contribution in [0.3, 0.4) is 0 Å². The first-order valence-electron chi connectivity index (χ1n) is 8.36. The standard InChI is InChI=1S/C20H19N5O/c1-15-11-24(14-21-15)19-9-8-17(10-20(19)26-2)18-13-25(23-22-18)12-16-6-4-3-5-7-16/h3-11,13-14H,12H2,1-2H3. The second kappa shape index (κ2) is 6.84. The third kappa shape index (κ3) is 3.21. The molecule has 6 nitrogen and oxygen atoms in total. The molecule has 0 N–H and O–H groups in total. The van der Waals surface area contributed by atoms with Crippen LogP contribution in [0.4, 0.5) is 0 Å². The lowest BCUT2D eigenvalue weighted by Gasteiger charge is -2.10. The highest BCUT2D eigenvalue weighted by Crippen LogP contribution is 2.29. The first-order valence-corrected chi connectivity index (χ1v) is 8.36. The van der Waals surface area contributed by atoms with Gasteiger partial charge in [0.15, 0.2) is 0 Å². The molecule has 0 radical (unpaired) electrons. The van der Waals surface area contributed by atoms with E-state index in [-0.39, 0.29) is 0 Å². The van der Waals surface area contributed by atoms with E-state index in [0.29, 0.717) is 6.54 Å². The zero-order chi connectivity index (χ0) is 17.9. The number of rotatable bonds is 5. The Balaban J connectivity index is 1.62. The molecule has 26 heavy (non-hydrogen) atoms. The Morgan fingerprint density at radius 3 is 2.62 bits per heavy atom. The van der Waals surface area contributed by atoms with E-state index in [4.69, 9.17) is 4.74 Å². The predicted octanol–water partition coefficient (Wildman–Crippen LogP) is 3.50. The summed E-state index contributed by atoms with van der Waals surface area (Å²) in [5, 5.41) is 8.54. The number of ether oxygens (including phenoxy) is 1. The lowest BCUT2D eigenvalue weighted by atomic mass is 10.1. The van der Waals surface area contributed by atoms with Crippen molar-refractivity contribution in [3.63, 3.8) is 0 Å². The molecule has 0 aliphatic heterocycles. The Hall–Kier alpha value is -3.41. The third-order valence-corrected chi connectivity index (χ3v) is 4.19. The molecule has 0 bridgehead atoms. The zero-order valence-electron chi connectivity index (χ0n) is 14.7. The van der Waals surface area contributed by atoms with Crippen molar-refractivity contribution in [1.82, 2.24) is 24.5 Å². The number of benzene rings is 2. The van der Waals surface area contributed by atoms with Crippen LogP contribution >= 0.6 is 0 Å². The van der Waals surface area contributed by atoms with Crippen molar-refractivity contribution >= 4 is 0 Å². The Bertz CT molecular complexity index is 1020. The van der Waals surface area contributed by atoms with Gasteiger partial charge in [-0.3, -0.25) is 0 Å². The van der Waals surface area contributed by atoms with E-state index in [9.17, 15) is 0 Å². The SMILES string of the molecule is COc1cc(-c2cn(Cc3ccccc3)nn2)ccc1-n1cnc(C)c1. The van der Waals surface area contributed by atoms with Gasteiger partial charge in [-0.25, -0.2) is 9.67 Å². The molecule has 2 aromatic heterocycles. The second-order valence-electron chi connectivity index (χ2n) is 6.10. The van der Waals surface area contributed by atoms with Crippen LogP contribution < -0.4 is 4.74 Å². The van der Waals surface area contributed by atoms with Crippen LogP contribution in [0.2, 0.25) is 0 Å². The molecule has 0 spiro atoms. The van der Waals surface area contributed by atoms with E-state index >= 15 is 0 Å². The van der Waals surface area contributed by atoms with Gasteiger partial charge in [-0.15, -0.1) is 5.10 Å². The fourth-order valence-corrected chi connectivity index (χ4v) is 2.88. The topological polar surface area (TPSA) is 57.8 Å². The van der Waals surface area contributed by atoms with Crippen LogP contribution in [0.1, 0.15) is 11.3 Å². The van der Waals surface area contributed by atoms with Gasteiger partial charge in [0.2, 0.25) is 0 Å². The molecule has 2 aromatic carbocycles. The molecule has 0 amide bonds. The van der Waals surface area contributed by atoms with E-state index in [1.54, 1.807) is 13.4 Å². The van der Waals surface area contributed by atoms with Crippen LogP contribution in [0.25, 0.3) is 16.9 Å². The zero-order valence-corrected chi connectivity index (χ0v) is 14.7. The van der Waals surface area contributed by atoms with Gasteiger partial charge in [0.05, 0.1) is 37.6 Å². The molecule has 0 aliphatic carbocycles. The van der Waals surface area contributed by atoms with E-state index in [0.717, 1.165) is 28.4 Å². The molecule has 6 heteroatoms. The first-order chi connectivity index (χ1) is 12.7. The summed E-state index contributed by atoms with van der Waals surface area (Å²) in [7, 11) is 1.67. The molecule has 2 heterocycles. The summed E-state index contributed by atoms with van der Waals surface area (Å²) in [6, 6.07) is 16.2. The first kappa shape index (κ1) is 16.1. The van der Waals surface area contributed by atoms with Crippen molar-refractivity contribution in [3.05, 3.63) is 78.5 Å². The smallest absolute Gasteiger partial charge is 0.143 e. The van der Waals surface area contributed by atoms with Gasteiger partial charge in [0.25, 0.3) is 0 Å². The number of aryl methyl sites for hydroxylation is 1. The van der Waals surface area contributed by atoms with Crippen molar-refractivity contribution < 1.29 is 4.74 Å². The highest BCUT2D eigenvalue weighted by Gasteiger charge is 2.11. The molecular formula is C20H19N5O. The summed E-state index contributed by atoms with van der Waals surface area (Å²) >= 11 is 0. The molecule has 0 aliphatic rings. The maximum Gasteiger partial charge on any atom is 0.143 e. The molecule has 0 unspecified atom stereocenters. The Morgan fingerprint density at radius 2 is 1.88 bits per heavy atom. The predicted molar refractivity (Wildman–Crippen MR) is 99.4 cm³/mol. The maximum absolute atomic E-state index is 5.57. The number of aromatic nitrogens is 5. The van der Waals surface area contributed by atoms with Crippen molar-refractivity contribution in [2.45, 2.75) is 13.5 Å². The molecule has 0 saturated heterocycles. The summed E-state index contributed by atoms with van der Waals surface area (Å²) in [5.74, 6) is 0.762. The number of imidazole rings is 1. The Labute approximate surface area is 151 Å². The van der Waals surface area contributed by atoms with E-state index in [1.807, 2.05) is 65.0 Å². The quantitative estimate of drug-likeness (QED) is 0.555. The normalized spacial score (nSPS) is 10.8. The fraction of sp³-hybridized carbons (Fsp3) is 0.150. The molecule has 0 atom stereocenters. The van der Waals surface area contributed by atoms with Crippen molar-refractivity contribution in [2.75, 3.05) is 7.11 Å². The fourth-order valence-electron chi connectivity index (χ4n) is 2.88. The van der Waals surface area contributed by atoms with Crippen molar-refractivity contribution in [2.24, 2.45) is 0 Å². The van der Waals surface area contributed by atoms with Crippen LogP contribution in [-0.2, 0) is 6.54 Å². The lowest BCUT2D eigenvalue weighted by Crippen LogP contribution is -1.99. The van der Waals surface area contributed by atoms with Gasteiger partial charge >= 0.3 is 0 Å². The molecule has 0 saturated carbocycles.